The van der Waals surface area contributed by atoms with Gasteiger partial charge in [-0.15, -0.1) is 0 Å². The van der Waals surface area contributed by atoms with Crippen LogP contribution < -0.4 is 4.74 Å². The fourth-order valence-corrected chi connectivity index (χ4v) is 3.05. The van der Waals surface area contributed by atoms with Gasteiger partial charge < -0.3 is 19.1 Å². The van der Waals surface area contributed by atoms with E-state index in [-0.39, 0.29) is 11.9 Å². The Hall–Kier alpha value is -2.34. The molecule has 0 aliphatic carbocycles. The Morgan fingerprint density at radius 1 is 1.43 bits per heavy atom. The van der Waals surface area contributed by atoms with E-state index < -0.39 is 0 Å². The quantitative estimate of drug-likeness (QED) is 0.861. The normalized spacial score (nSPS) is 17.2. The number of benzene rings is 1. The van der Waals surface area contributed by atoms with Gasteiger partial charge in [0.05, 0.1) is 31.7 Å². The maximum Gasteiger partial charge on any atom is 0.254 e. The van der Waals surface area contributed by atoms with Gasteiger partial charge in [0.25, 0.3) is 5.91 Å². The molecule has 0 bridgehead atoms. The van der Waals surface area contributed by atoms with Gasteiger partial charge in [0.15, 0.2) is 0 Å². The average Bonchev–Trinajstić information content (AvgIpc) is 3.02. The van der Waals surface area contributed by atoms with Gasteiger partial charge in [-0.05, 0) is 32.3 Å². The molecule has 1 amide bonds. The van der Waals surface area contributed by atoms with Crippen LogP contribution in [0.1, 0.15) is 22.1 Å². The van der Waals surface area contributed by atoms with Gasteiger partial charge in [0.1, 0.15) is 5.75 Å². The molecule has 0 unspecified atom stereocenters. The lowest BCUT2D eigenvalue weighted by Gasteiger charge is -2.35. The molecule has 2 aromatic rings. The lowest BCUT2D eigenvalue weighted by Crippen LogP contribution is -2.43. The number of hydrogen-bond donors (Lipinski definition) is 0. The zero-order valence-electron chi connectivity index (χ0n) is 13.8. The number of fused-ring (bicyclic) bond motifs is 1. The third-order valence-electron chi connectivity index (χ3n) is 4.10. The van der Waals surface area contributed by atoms with E-state index in [2.05, 4.69) is 14.5 Å². The van der Waals surface area contributed by atoms with Crippen LogP contribution >= 0.6 is 0 Å². The predicted octanol–water partition coefficient (Wildman–Crippen LogP) is 1.65. The van der Waals surface area contributed by atoms with Crippen LogP contribution in [0.2, 0.25) is 0 Å². The Labute approximate surface area is 136 Å². The summed E-state index contributed by atoms with van der Waals surface area (Å²) in [7, 11) is 5.69. The van der Waals surface area contributed by atoms with Crippen molar-refractivity contribution in [3.63, 3.8) is 0 Å². The van der Waals surface area contributed by atoms with Crippen molar-refractivity contribution >= 4 is 5.91 Å². The third-order valence-corrected chi connectivity index (χ3v) is 4.10. The molecule has 122 valence electrons. The van der Waals surface area contributed by atoms with E-state index in [9.17, 15) is 4.79 Å². The van der Waals surface area contributed by atoms with Crippen molar-refractivity contribution < 1.29 is 9.53 Å². The highest BCUT2D eigenvalue weighted by Gasteiger charge is 2.28. The van der Waals surface area contributed by atoms with Crippen LogP contribution in [-0.2, 0) is 6.54 Å². The lowest BCUT2D eigenvalue weighted by molar-refractivity contribution is 0.0663. The molecule has 1 aromatic carbocycles. The van der Waals surface area contributed by atoms with Gasteiger partial charge in [-0.1, -0.05) is 6.07 Å². The van der Waals surface area contributed by atoms with Crippen LogP contribution in [0.25, 0.3) is 0 Å². The Balaban J connectivity index is 1.84. The Morgan fingerprint density at radius 2 is 2.26 bits per heavy atom. The van der Waals surface area contributed by atoms with Crippen LogP contribution in [0.15, 0.2) is 36.8 Å². The van der Waals surface area contributed by atoms with Crippen LogP contribution in [0, 0.1) is 0 Å². The second kappa shape index (κ2) is 6.42. The summed E-state index contributed by atoms with van der Waals surface area (Å²) < 4.78 is 7.39. The third kappa shape index (κ3) is 3.22. The molecule has 0 fully saturated rings. The molecule has 0 saturated carbocycles. The lowest BCUT2D eigenvalue weighted by atomic mass is 10.1. The van der Waals surface area contributed by atoms with Crippen molar-refractivity contribution in [1.29, 1.82) is 0 Å². The summed E-state index contributed by atoms with van der Waals surface area (Å²) in [6, 6.07) is 7.52. The number of nitrogens with zero attached hydrogens (tertiary/aromatic N) is 4. The number of carbonyl (C=O) groups excluding carboxylic acids is 1. The number of methoxy groups -OCH3 is 1. The summed E-state index contributed by atoms with van der Waals surface area (Å²) in [6.45, 7) is 2.13. The monoisotopic (exact) mass is 314 g/mol. The average molecular weight is 314 g/mol. The molecular weight excluding hydrogens is 292 g/mol. The first kappa shape index (κ1) is 15.6. The molecule has 0 radical (unpaired) electrons. The topological polar surface area (TPSA) is 50.6 Å². The van der Waals surface area contributed by atoms with Gasteiger partial charge in [-0.3, -0.25) is 4.79 Å². The Bertz CT molecular complexity index is 695. The van der Waals surface area contributed by atoms with Gasteiger partial charge in [-0.25, -0.2) is 4.98 Å². The maximum absolute atomic E-state index is 12.9. The molecule has 2 heterocycles. The molecule has 0 spiro atoms. The summed E-state index contributed by atoms with van der Waals surface area (Å²) in [6.07, 6.45) is 3.70. The molecule has 6 nitrogen and oxygen atoms in total. The molecule has 1 aromatic heterocycles. The molecular formula is C17H22N4O2. The number of rotatable bonds is 4. The minimum Gasteiger partial charge on any atom is -0.497 e. The molecule has 6 heteroatoms. The number of ether oxygens (including phenoxy) is 1. The molecule has 1 aliphatic rings. The van der Waals surface area contributed by atoms with Gasteiger partial charge in [0.2, 0.25) is 0 Å². The number of imidazole rings is 1. The van der Waals surface area contributed by atoms with E-state index in [4.69, 9.17) is 4.74 Å². The first-order valence-corrected chi connectivity index (χ1v) is 7.67. The summed E-state index contributed by atoms with van der Waals surface area (Å²) in [5, 5.41) is 0. The number of hydrogen-bond acceptors (Lipinski definition) is 4. The zero-order chi connectivity index (χ0) is 16.4. The number of likely N-dealkylation sites (N-methyl/N-ethyl adjacent to an activating group) is 1. The largest absolute Gasteiger partial charge is 0.497 e. The van der Waals surface area contributed by atoms with Crippen molar-refractivity contribution in [3.05, 3.63) is 48.0 Å². The summed E-state index contributed by atoms with van der Waals surface area (Å²) in [5.74, 6) is 0.725. The zero-order valence-corrected chi connectivity index (χ0v) is 13.8. The predicted molar refractivity (Wildman–Crippen MR) is 87.6 cm³/mol. The van der Waals surface area contributed by atoms with E-state index in [0.717, 1.165) is 12.2 Å². The first-order valence-electron chi connectivity index (χ1n) is 7.67. The Morgan fingerprint density at radius 3 is 3.00 bits per heavy atom. The van der Waals surface area contributed by atoms with Crippen LogP contribution in [-0.4, -0.2) is 59.6 Å². The van der Waals surface area contributed by atoms with E-state index >= 15 is 0 Å². The van der Waals surface area contributed by atoms with Crippen molar-refractivity contribution in [3.8, 4) is 5.75 Å². The highest BCUT2D eigenvalue weighted by Crippen LogP contribution is 2.24. The minimum atomic E-state index is 0.0279. The fraction of sp³-hybridized carbons (Fsp3) is 0.412. The SMILES string of the molecule is COc1cccc(C(=O)N2Cc3cncn3[C@H](CN(C)C)C2)c1. The standard InChI is InChI=1S/C17H22N4O2/c1-19(2)9-15-11-20(10-14-8-18-12-21(14)15)17(22)13-5-4-6-16(7-13)23-3/h4-8,12,15H,9-11H2,1-3H3/t15-/m1/s1. The van der Waals surface area contributed by atoms with Crippen molar-refractivity contribution in [2.45, 2.75) is 12.6 Å². The molecule has 3 rings (SSSR count). The van der Waals surface area contributed by atoms with Gasteiger partial charge in [0, 0.05) is 24.8 Å². The highest BCUT2D eigenvalue weighted by atomic mass is 16.5. The number of carbonyl (C=O) groups is 1. The number of amides is 1. The molecule has 1 aliphatic heterocycles. The molecule has 0 saturated heterocycles. The second-order valence-electron chi connectivity index (χ2n) is 6.13. The van der Waals surface area contributed by atoms with E-state index in [0.29, 0.717) is 24.4 Å². The smallest absolute Gasteiger partial charge is 0.254 e. The Kier molecular flexibility index (Phi) is 4.34. The van der Waals surface area contributed by atoms with E-state index in [1.807, 2.05) is 49.7 Å². The fourth-order valence-electron chi connectivity index (χ4n) is 3.05. The van der Waals surface area contributed by atoms with E-state index in [1.165, 1.54) is 0 Å². The molecule has 1 atom stereocenters. The van der Waals surface area contributed by atoms with Crippen molar-refractivity contribution in [2.24, 2.45) is 0 Å². The molecule has 23 heavy (non-hydrogen) atoms. The summed E-state index contributed by atoms with van der Waals surface area (Å²) in [5.41, 5.74) is 1.72. The first-order chi connectivity index (χ1) is 11.1. The van der Waals surface area contributed by atoms with E-state index in [1.54, 1.807) is 13.2 Å². The highest BCUT2D eigenvalue weighted by molar-refractivity contribution is 5.94. The van der Waals surface area contributed by atoms with Crippen LogP contribution in [0.5, 0.6) is 5.75 Å². The van der Waals surface area contributed by atoms with Crippen LogP contribution in [0.3, 0.4) is 0 Å². The minimum absolute atomic E-state index is 0.0279. The summed E-state index contributed by atoms with van der Waals surface area (Å²) >= 11 is 0. The van der Waals surface area contributed by atoms with Crippen molar-refractivity contribution in [1.82, 2.24) is 19.4 Å². The summed E-state index contributed by atoms with van der Waals surface area (Å²) in [4.78, 5) is 21.1. The maximum atomic E-state index is 12.9. The molecule has 0 N–H and O–H groups in total. The van der Waals surface area contributed by atoms with Crippen molar-refractivity contribution in [2.75, 3.05) is 34.3 Å². The number of aromatic nitrogens is 2. The van der Waals surface area contributed by atoms with Crippen LogP contribution in [0.4, 0.5) is 0 Å². The second-order valence-corrected chi connectivity index (χ2v) is 6.13. The van der Waals surface area contributed by atoms with Gasteiger partial charge in [-0.2, -0.15) is 0 Å². The van der Waals surface area contributed by atoms with Gasteiger partial charge >= 0.3 is 0 Å².